The van der Waals surface area contributed by atoms with E-state index in [1.807, 2.05) is 0 Å². The maximum Gasteiger partial charge on any atom is 0.327 e. The maximum absolute atomic E-state index is 12.0. The molecule has 0 saturated heterocycles. The van der Waals surface area contributed by atoms with Gasteiger partial charge in [-0.05, 0) is 32.1 Å². The number of ether oxygens (including phenoxy) is 1. The summed E-state index contributed by atoms with van der Waals surface area (Å²) in [5.74, 6) is -0.991. The van der Waals surface area contributed by atoms with Crippen molar-refractivity contribution in [2.75, 3.05) is 18.1 Å². The number of nitrogens with one attached hydrogen (secondary N) is 2. The van der Waals surface area contributed by atoms with E-state index in [4.69, 9.17) is 9.84 Å². The van der Waals surface area contributed by atoms with Crippen LogP contribution in [-0.2, 0) is 23.9 Å². The molecule has 3 N–H and O–H groups in total. The third-order valence-corrected chi connectivity index (χ3v) is 7.30. The van der Waals surface area contributed by atoms with E-state index in [1.54, 1.807) is 0 Å². The third-order valence-electron chi connectivity index (χ3n) is 4.89. The summed E-state index contributed by atoms with van der Waals surface area (Å²) >= 11 is 0. The molecule has 2 amide bonds. The Bertz CT molecular complexity index is 566. The van der Waals surface area contributed by atoms with Gasteiger partial charge in [0.1, 0.15) is 12.1 Å². The minimum Gasteiger partial charge on any atom is -0.480 e. The Hall–Kier alpha value is -1.42. The van der Waals surface area contributed by atoms with Crippen LogP contribution in [0.2, 0.25) is 0 Å². The first-order valence-electron chi connectivity index (χ1n) is 11.1. The Morgan fingerprint density at radius 3 is 2.26 bits per heavy atom. The number of esters is 1. The average Bonchev–Trinajstić information content (AvgIpc) is 2.83. The Labute approximate surface area is 192 Å². The highest BCUT2D eigenvalue weighted by atomic mass is 33.1. The Kier molecular flexibility index (Phi) is 15.3. The normalized spacial score (nSPS) is 16.3. The fourth-order valence-corrected chi connectivity index (χ4v) is 5.38. The van der Waals surface area contributed by atoms with Crippen molar-refractivity contribution < 1.29 is 29.0 Å². The molecule has 0 aliphatic heterocycles. The van der Waals surface area contributed by atoms with E-state index in [-0.39, 0.29) is 29.6 Å². The van der Waals surface area contributed by atoms with E-state index in [0.29, 0.717) is 31.6 Å². The number of rotatable bonds is 13. The first-order chi connectivity index (χ1) is 14.9. The second-order valence-corrected chi connectivity index (χ2v) is 10.3. The number of carboxylic acid groups (broad SMARTS) is 1. The molecule has 1 aliphatic carbocycles. The van der Waals surface area contributed by atoms with Gasteiger partial charge in [-0.25, -0.2) is 4.79 Å². The second-order valence-electron chi connectivity index (χ2n) is 7.71. The van der Waals surface area contributed by atoms with E-state index < -0.39 is 12.0 Å². The van der Waals surface area contributed by atoms with Crippen LogP contribution in [0.3, 0.4) is 0 Å². The van der Waals surface area contributed by atoms with Gasteiger partial charge in [0.15, 0.2) is 0 Å². The topological polar surface area (TPSA) is 122 Å². The molecular formula is C21H36N2O6S2. The lowest BCUT2D eigenvalue weighted by atomic mass is 10.1. The summed E-state index contributed by atoms with van der Waals surface area (Å²) in [7, 11) is 2.70. The number of hydrogen-bond donors (Lipinski definition) is 3. The van der Waals surface area contributed by atoms with Gasteiger partial charge >= 0.3 is 11.9 Å². The van der Waals surface area contributed by atoms with Crippen molar-refractivity contribution in [1.82, 2.24) is 10.6 Å². The van der Waals surface area contributed by atoms with E-state index in [2.05, 4.69) is 10.6 Å². The van der Waals surface area contributed by atoms with Crippen LogP contribution in [0.5, 0.6) is 0 Å². The number of aliphatic carboxylic acids is 1. The first-order valence-corrected chi connectivity index (χ1v) is 13.6. The summed E-state index contributed by atoms with van der Waals surface area (Å²) in [6.07, 6.45) is 10.3. The van der Waals surface area contributed by atoms with Crippen LogP contribution in [0.15, 0.2) is 0 Å². The average molecular weight is 477 g/mol. The van der Waals surface area contributed by atoms with Gasteiger partial charge in [0, 0.05) is 37.8 Å². The largest absolute Gasteiger partial charge is 0.480 e. The van der Waals surface area contributed by atoms with Crippen LogP contribution in [-0.4, -0.2) is 59.1 Å². The van der Waals surface area contributed by atoms with Gasteiger partial charge in [-0.2, -0.15) is 0 Å². The molecular weight excluding hydrogens is 440 g/mol. The molecule has 10 heteroatoms. The quantitative estimate of drug-likeness (QED) is 0.210. The Morgan fingerprint density at radius 1 is 1.00 bits per heavy atom. The van der Waals surface area contributed by atoms with Crippen molar-refractivity contribution in [3.63, 3.8) is 0 Å². The lowest BCUT2D eigenvalue weighted by Gasteiger charge is -2.17. The molecule has 0 unspecified atom stereocenters. The number of carbonyl (C=O) groups is 4. The lowest BCUT2D eigenvalue weighted by Crippen LogP contribution is -2.41. The predicted molar refractivity (Wildman–Crippen MR) is 124 cm³/mol. The fourth-order valence-electron chi connectivity index (χ4n) is 3.24. The molecule has 0 bridgehead atoms. The molecule has 1 rings (SSSR count). The van der Waals surface area contributed by atoms with Crippen LogP contribution in [0, 0.1) is 0 Å². The summed E-state index contributed by atoms with van der Waals surface area (Å²) in [5, 5.41) is 14.2. The smallest absolute Gasteiger partial charge is 0.327 e. The zero-order chi connectivity index (χ0) is 22.9. The van der Waals surface area contributed by atoms with Crippen molar-refractivity contribution in [3.05, 3.63) is 0 Å². The molecule has 31 heavy (non-hydrogen) atoms. The molecule has 0 radical (unpaired) electrons. The van der Waals surface area contributed by atoms with Crippen LogP contribution in [0.4, 0.5) is 0 Å². The first kappa shape index (κ1) is 27.6. The summed E-state index contributed by atoms with van der Waals surface area (Å²) < 4.78 is 5.62. The van der Waals surface area contributed by atoms with E-state index in [9.17, 15) is 19.2 Å². The highest BCUT2D eigenvalue weighted by molar-refractivity contribution is 8.76. The van der Waals surface area contributed by atoms with Gasteiger partial charge in [-0.15, -0.1) is 0 Å². The molecule has 0 spiro atoms. The number of carbonyl (C=O) groups excluding carboxylic acids is 3. The maximum atomic E-state index is 12.0. The summed E-state index contributed by atoms with van der Waals surface area (Å²) in [6, 6.07) is -0.935. The minimum absolute atomic E-state index is 0.0427. The monoisotopic (exact) mass is 476 g/mol. The molecule has 1 atom stereocenters. The van der Waals surface area contributed by atoms with Crippen molar-refractivity contribution >= 4 is 45.3 Å². The van der Waals surface area contributed by atoms with Crippen LogP contribution >= 0.6 is 21.6 Å². The van der Waals surface area contributed by atoms with Gasteiger partial charge in [0.25, 0.3) is 0 Å². The summed E-state index contributed by atoms with van der Waals surface area (Å²) in [5.41, 5.74) is 0. The molecule has 8 nitrogen and oxygen atoms in total. The Morgan fingerprint density at radius 2 is 1.65 bits per heavy atom. The van der Waals surface area contributed by atoms with Crippen LogP contribution in [0.25, 0.3) is 0 Å². The van der Waals surface area contributed by atoms with Crippen LogP contribution < -0.4 is 10.6 Å². The van der Waals surface area contributed by atoms with Crippen molar-refractivity contribution in [3.8, 4) is 0 Å². The summed E-state index contributed by atoms with van der Waals surface area (Å²) in [4.78, 5) is 45.9. The van der Waals surface area contributed by atoms with Crippen molar-refractivity contribution in [1.29, 1.82) is 0 Å². The number of hydrogen-bond acceptors (Lipinski definition) is 7. The van der Waals surface area contributed by atoms with E-state index in [1.165, 1.54) is 54.2 Å². The standard InChI is InChI=1S/C21H36N2O6S2/c1-16(24)23-18(21(27)28)15-31-30-14-12-19(25)22-13-8-11-20(26)29-17-9-6-4-2-3-5-7-10-17/h17-18H,2-15H2,1H3,(H,22,25)(H,23,24)(H,27,28)/t18-/m0/s1. The van der Waals surface area contributed by atoms with Gasteiger partial charge in [0.2, 0.25) is 11.8 Å². The van der Waals surface area contributed by atoms with E-state index in [0.717, 1.165) is 25.7 Å². The highest BCUT2D eigenvalue weighted by Gasteiger charge is 2.18. The molecule has 1 fully saturated rings. The van der Waals surface area contributed by atoms with Gasteiger partial charge in [-0.1, -0.05) is 47.3 Å². The fraction of sp³-hybridized carbons (Fsp3) is 0.810. The zero-order valence-corrected chi connectivity index (χ0v) is 20.0. The molecule has 1 aliphatic rings. The zero-order valence-electron chi connectivity index (χ0n) is 18.4. The highest BCUT2D eigenvalue weighted by Crippen LogP contribution is 2.23. The second kappa shape index (κ2) is 17.2. The molecule has 0 aromatic rings. The minimum atomic E-state index is -1.08. The molecule has 1 saturated carbocycles. The SMILES string of the molecule is CC(=O)N[C@@H](CSSCCC(=O)NCCCC(=O)OC1CCCCCCCC1)C(=O)O. The van der Waals surface area contributed by atoms with Gasteiger partial charge in [0.05, 0.1) is 0 Å². The van der Waals surface area contributed by atoms with Crippen LogP contribution in [0.1, 0.15) is 77.6 Å². The summed E-state index contributed by atoms with van der Waals surface area (Å²) in [6.45, 7) is 1.71. The molecule has 0 heterocycles. The molecule has 178 valence electrons. The Balaban J connectivity index is 2.06. The van der Waals surface area contributed by atoms with Gasteiger partial charge < -0.3 is 20.5 Å². The molecule has 0 aromatic heterocycles. The lowest BCUT2D eigenvalue weighted by molar-refractivity contribution is -0.150. The van der Waals surface area contributed by atoms with E-state index >= 15 is 0 Å². The molecule has 0 aromatic carbocycles. The van der Waals surface area contributed by atoms with Crippen molar-refractivity contribution in [2.24, 2.45) is 0 Å². The van der Waals surface area contributed by atoms with Crippen molar-refractivity contribution in [2.45, 2.75) is 89.7 Å². The number of amides is 2. The third kappa shape index (κ3) is 15.1. The van der Waals surface area contributed by atoms with Gasteiger partial charge in [-0.3, -0.25) is 14.4 Å². The number of carboxylic acids is 1. The predicted octanol–water partition coefficient (Wildman–Crippen LogP) is 3.29.